The lowest BCUT2D eigenvalue weighted by molar-refractivity contribution is -0.155. The zero-order valence-corrected chi connectivity index (χ0v) is 18.2. The summed E-state index contributed by atoms with van der Waals surface area (Å²) < 4.78 is 22.9. The highest BCUT2D eigenvalue weighted by Gasteiger charge is 2.55. The molecule has 1 N–H and O–H groups in total. The van der Waals surface area contributed by atoms with Crippen molar-refractivity contribution >= 4 is 11.9 Å². The van der Waals surface area contributed by atoms with Crippen LogP contribution >= 0.6 is 0 Å². The first kappa shape index (κ1) is 21.0. The average Bonchev–Trinajstić information content (AvgIpc) is 3.46. The van der Waals surface area contributed by atoms with E-state index in [1.165, 1.54) is 7.11 Å². The van der Waals surface area contributed by atoms with Crippen LogP contribution in [-0.2, 0) is 16.1 Å². The van der Waals surface area contributed by atoms with Gasteiger partial charge in [-0.1, -0.05) is 19.9 Å². The van der Waals surface area contributed by atoms with E-state index in [1.807, 2.05) is 32.0 Å². The second kappa shape index (κ2) is 8.13. The Balaban J connectivity index is 1.74. The number of carbonyl (C=O) groups is 2. The Morgan fingerprint density at radius 2 is 1.81 bits per heavy atom. The number of nitrogens with one attached hydrogen (secondary N) is 1. The summed E-state index contributed by atoms with van der Waals surface area (Å²) in [6.07, 6.45) is 1.15. The molecule has 0 spiro atoms. The number of rotatable bonds is 8. The summed E-state index contributed by atoms with van der Waals surface area (Å²) in [5, 5.41) is 2.83. The van der Waals surface area contributed by atoms with E-state index < -0.39 is 5.60 Å². The number of amides is 1. The van der Waals surface area contributed by atoms with Gasteiger partial charge in [0.1, 0.15) is 0 Å². The smallest absolute Gasteiger partial charge is 0.350 e. The Labute approximate surface area is 181 Å². The molecule has 1 heterocycles. The van der Waals surface area contributed by atoms with Crippen LogP contribution in [0, 0.1) is 5.92 Å². The summed E-state index contributed by atoms with van der Waals surface area (Å²) in [6, 6.07) is 9.30. The molecule has 0 atom stereocenters. The third-order valence-corrected chi connectivity index (χ3v) is 5.52. The summed E-state index contributed by atoms with van der Waals surface area (Å²) in [4.78, 5) is 24.7. The van der Waals surface area contributed by atoms with Crippen molar-refractivity contribution in [2.75, 3.05) is 20.8 Å². The van der Waals surface area contributed by atoms with E-state index in [9.17, 15) is 9.59 Å². The number of benzene rings is 2. The van der Waals surface area contributed by atoms with E-state index in [-0.39, 0.29) is 17.8 Å². The van der Waals surface area contributed by atoms with E-state index in [0.717, 1.165) is 16.7 Å². The largest absolute Gasteiger partial charge is 0.493 e. The maximum Gasteiger partial charge on any atom is 0.350 e. The van der Waals surface area contributed by atoms with Crippen LogP contribution in [0.1, 0.15) is 42.6 Å². The van der Waals surface area contributed by atoms with Gasteiger partial charge in [-0.3, -0.25) is 4.79 Å². The van der Waals surface area contributed by atoms with Gasteiger partial charge in [0.05, 0.1) is 20.8 Å². The predicted octanol–water partition coefficient (Wildman–Crippen LogP) is 3.72. The minimum absolute atomic E-state index is 0.0739. The lowest BCUT2D eigenvalue weighted by atomic mass is 9.99. The third-order valence-electron chi connectivity index (χ3n) is 5.52. The fourth-order valence-corrected chi connectivity index (χ4v) is 3.66. The molecule has 7 heteroatoms. The Morgan fingerprint density at radius 1 is 1.06 bits per heavy atom. The molecule has 1 aliphatic heterocycles. The van der Waals surface area contributed by atoms with Crippen molar-refractivity contribution in [3.05, 3.63) is 41.5 Å². The molecule has 0 bridgehead atoms. The number of esters is 1. The maximum atomic E-state index is 12.8. The van der Waals surface area contributed by atoms with Crippen LogP contribution in [0.4, 0.5) is 0 Å². The molecule has 2 aliphatic rings. The molecular formula is C24H27NO6. The van der Waals surface area contributed by atoms with Gasteiger partial charge < -0.3 is 24.3 Å². The minimum atomic E-state index is -1.02. The van der Waals surface area contributed by atoms with Gasteiger partial charge in [0.2, 0.25) is 11.4 Å². The first-order valence-corrected chi connectivity index (χ1v) is 10.4. The molecule has 1 aliphatic carbocycles. The van der Waals surface area contributed by atoms with Crippen molar-refractivity contribution in [3.8, 4) is 28.4 Å². The highest BCUT2D eigenvalue weighted by Crippen LogP contribution is 2.50. The second-order valence-corrected chi connectivity index (χ2v) is 8.32. The topological polar surface area (TPSA) is 83.1 Å². The van der Waals surface area contributed by atoms with Crippen LogP contribution in [0.3, 0.4) is 0 Å². The molecule has 1 amide bonds. The van der Waals surface area contributed by atoms with Crippen molar-refractivity contribution in [1.82, 2.24) is 5.32 Å². The lowest BCUT2D eigenvalue weighted by Gasteiger charge is -2.23. The molecule has 0 radical (unpaired) electrons. The molecule has 31 heavy (non-hydrogen) atoms. The highest BCUT2D eigenvalue weighted by molar-refractivity contribution is 5.99. The summed E-state index contributed by atoms with van der Waals surface area (Å²) in [5.41, 5.74) is 2.18. The van der Waals surface area contributed by atoms with Crippen LogP contribution in [0.2, 0.25) is 0 Å². The molecule has 0 aromatic heterocycles. The van der Waals surface area contributed by atoms with Crippen LogP contribution in [-0.4, -0.2) is 38.3 Å². The molecule has 1 saturated carbocycles. The van der Waals surface area contributed by atoms with Gasteiger partial charge in [0.25, 0.3) is 5.91 Å². The Morgan fingerprint density at radius 3 is 2.45 bits per heavy atom. The van der Waals surface area contributed by atoms with Gasteiger partial charge in [-0.15, -0.1) is 0 Å². The number of hydrogen-bond acceptors (Lipinski definition) is 6. The SMILES string of the molecule is COc1ccc(-c2ccc3c(c2)CNC3=O)c(OC2(C(=O)OCC(C)C)CC2)c1OC. The molecule has 164 valence electrons. The molecule has 0 saturated heterocycles. The van der Waals surface area contributed by atoms with Crippen LogP contribution < -0.4 is 19.5 Å². The molecule has 2 aromatic rings. The van der Waals surface area contributed by atoms with Crippen molar-refractivity contribution in [3.63, 3.8) is 0 Å². The fraction of sp³-hybridized carbons (Fsp3) is 0.417. The monoisotopic (exact) mass is 425 g/mol. The molecule has 1 fully saturated rings. The van der Waals surface area contributed by atoms with Crippen molar-refractivity contribution in [2.45, 2.75) is 38.8 Å². The highest BCUT2D eigenvalue weighted by atomic mass is 16.6. The number of methoxy groups -OCH3 is 2. The number of hydrogen-bond donors (Lipinski definition) is 1. The number of fused-ring (bicyclic) bond motifs is 1. The fourth-order valence-electron chi connectivity index (χ4n) is 3.66. The molecular weight excluding hydrogens is 398 g/mol. The Bertz CT molecular complexity index is 1020. The zero-order valence-electron chi connectivity index (χ0n) is 18.2. The van der Waals surface area contributed by atoms with Gasteiger partial charge >= 0.3 is 5.97 Å². The van der Waals surface area contributed by atoms with Gasteiger partial charge in [-0.05, 0) is 41.3 Å². The first-order chi connectivity index (χ1) is 14.9. The Kier molecular flexibility index (Phi) is 5.52. The zero-order chi connectivity index (χ0) is 22.2. The quantitative estimate of drug-likeness (QED) is 0.649. The summed E-state index contributed by atoms with van der Waals surface area (Å²) >= 11 is 0. The minimum Gasteiger partial charge on any atom is -0.493 e. The third kappa shape index (κ3) is 3.92. The molecule has 7 nitrogen and oxygen atoms in total. The average molecular weight is 425 g/mol. The van der Waals surface area contributed by atoms with Crippen molar-refractivity contribution < 1.29 is 28.5 Å². The van der Waals surface area contributed by atoms with Gasteiger partial charge in [-0.2, -0.15) is 0 Å². The molecule has 0 unspecified atom stereocenters. The van der Waals surface area contributed by atoms with Gasteiger partial charge in [0, 0.05) is 30.5 Å². The molecule has 2 aromatic carbocycles. The van der Waals surface area contributed by atoms with E-state index in [0.29, 0.717) is 48.8 Å². The van der Waals surface area contributed by atoms with E-state index in [4.69, 9.17) is 18.9 Å². The van der Waals surface area contributed by atoms with Crippen LogP contribution in [0.15, 0.2) is 30.3 Å². The summed E-state index contributed by atoms with van der Waals surface area (Å²) in [7, 11) is 3.09. The first-order valence-electron chi connectivity index (χ1n) is 10.4. The maximum absolute atomic E-state index is 12.8. The predicted molar refractivity (Wildman–Crippen MR) is 115 cm³/mol. The summed E-state index contributed by atoms with van der Waals surface area (Å²) in [6.45, 7) is 4.81. The van der Waals surface area contributed by atoms with Crippen molar-refractivity contribution in [1.29, 1.82) is 0 Å². The summed E-state index contributed by atoms with van der Waals surface area (Å²) in [5.74, 6) is 1.15. The normalized spacial score (nSPS) is 15.8. The molecule has 4 rings (SSSR count). The second-order valence-electron chi connectivity index (χ2n) is 8.32. The number of ether oxygens (including phenoxy) is 4. The van der Waals surface area contributed by atoms with Gasteiger partial charge in [-0.25, -0.2) is 4.79 Å². The van der Waals surface area contributed by atoms with E-state index in [2.05, 4.69) is 5.32 Å². The van der Waals surface area contributed by atoms with Crippen molar-refractivity contribution in [2.24, 2.45) is 5.92 Å². The van der Waals surface area contributed by atoms with E-state index in [1.54, 1.807) is 19.2 Å². The van der Waals surface area contributed by atoms with Crippen LogP contribution in [0.5, 0.6) is 17.2 Å². The van der Waals surface area contributed by atoms with Gasteiger partial charge in [0.15, 0.2) is 11.5 Å². The standard InChI is InChI=1S/C24H27NO6/c1-14(2)13-30-23(27)24(9-10-24)31-20-17(7-8-19(28-3)21(20)29-4)15-5-6-18-16(11-15)12-25-22(18)26/h5-8,11,14H,9-10,12-13H2,1-4H3,(H,25,26). The van der Waals surface area contributed by atoms with Crippen LogP contribution in [0.25, 0.3) is 11.1 Å². The number of carbonyl (C=O) groups excluding carboxylic acids is 2. The lowest BCUT2D eigenvalue weighted by Crippen LogP contribution is -2.32. The van der Waals surface area contributed by atoms with E-state index >= 15 is 0 Å². The Hall–Kier alpha value is -3.22.